The summed E-state index contributed by atoms with van der Waals surface area (Å²) in [5.41, 5.74) is 0.882. The summed E-state index contributed by atoms with van der Waals surface area (Å²) in [6.07, 6.45) is 2.23. The Labute approximate surface area is 82.5 Å². The van der Waals surface area contributed by atoms with Gasteiger partial charge in [0.15, 0.2) is 0 Å². The summed E-state index contributed by atoms with van der Waals surface area (Å²) in [5.74, 6) is -0.480. The Kier molecular flexibility index (Phi) is 3.45. The Morgan fingerprint density at radius 3 is 2.86 bits per heavy atom. The highest BCUT2D eigenvalue weighted by molar-refractivity contribution is 5.88. The quantitative estimate of drug-likeness (QED) is 0.796. The number of hydrogen-bond acceptors (Lipinski definition) is 3. The first kappa shape index (κ1) is 10.5. The van der Waals surface area contributed by atoms with Crippen LogP contribution in [-0.4, -0.2) is 22.7 Å². The summed E-state index contributed by atoms with van der Waals surface area (Å²) in [4.78, 5) is 14.6. The number of rotatable bonds is 4. The second kappa shape index (κ2) is 4.60. The molecule has 0 aliphatic carbocycles. The molecule has 1 aromatic rings. The molecular weight excluding hydrogens is 182 g/mol. The van der Waals surface area contributed by atoms with E-state index in [0.29, 0.717) is 18.1 Å². The number of nitrogens with zero attached hydrogens (tertiary/aromatic N) is 1. The molecule has 14 heavy (non-hydrogen) atoms. The van der Waals surface area contributed by atoms with Gasteiger partial charge in [-0.15, -0.1) is 0 Å². The summed E-state index contributed by atoms with van der Waals surface area (Å²) in [5, 5.41) is 8.75. The number of carbonyl (C=O) groups is 1. The molecule has 1 rings (SSSR count). The number of ether oxygens (including phenoxy) is 1. The van der Waals surface area contributed by atoms with E-state index >= 15 is 0 Å². The molecule has 0 aliphatic rings. The van der Waals surface area contributed by atoms with Crippen LogP contribution < -0.4 is 4.74 Å². The zero-order valence-corrected chi connectivity index (χ0v) is 8.28. The van der Waals surface area contributed by atoms with Gasteiger partial charge in [-0.2, -0.15) is 0 Å². The molecule has 1 aromatic heterocycles. The highest BCUT2D eigenvalue weighted by atomic mass is 16.5. The smallest absolute Gasteiger partial charge is 0.337 e. The Bertz CT molecular complexity index is 336. The van der Waals surface area contributed by atoms with Crippen molar-refractivity contribution in [3.63, 3.8) is 0 Å². The Morgan fingerprint density at radius 1 is 1.64 bits per heavy atom. The number of pyridine rings is 1. The number of aromatic nitrogens is 1. The van der Waals surface area contributed by atoms with E-state index in [4.69, 9.17) is 9.84 Å². The van der Waals surface area contributed by atoms with Gasteiger partial charge < -0.3 is 9.84 Å². The Hall–Kier alpha value is -1.58. The van der Waals surface area contributed by atoms with Crippen molar-refractivity contribution in [2.45, 2.75) is 20.3 Å². The fourth-order valence-corrected chi connectivity index (χ4v) is 1.04. The molecule has 0 atom stereocenters. The summed E-state index contributed by atoms with van der Waals surface area (Å²) >= 11 is 0. The summed E-state index contributed by atoms with van der Waals surface area (Å²) < 4.78 is 5.27. The molecule has 1 heterocycles. The van der Waals surface area contributed by atoms with Crippen molar-refractivity contribution >= 4 is 5.97 Å². The van der Waals surface area contributed by atoms with Gasteiger partial charge in [0.2, 0.25) is 5.88 Å². The fraction of sp³-hybridized carbons (Fsp3) is 0.400. The van der Waals surface area contributed by atoms with Gasteiger partial charge >= 0.3 is 5.97 Å². The van der Waals surface area contributed by atoms with Gasteiger partial charge in [-0.3, -0.25) is 0 Å². The normalized spacial score (nSPS) is 9.86. The molecule has 4 nitrogen and oxygen atoms in total. The van der Waals surface area contributed by atoms with E-state index in [9.17, 15) is 4.79 Å². The third-order valence-corrected chi connectivity index (χ3v) is 1.77. The maximum absolute atomic E-state index is 10.7. The van der Waals surface area contributed by atoms with Gasteiger partial charge in [0.1, 0.15) is 0 Å². The van der Waals surface area contributed by atoms with E-state index in [1.165, 1.54) is 6.20 Å². The molecule has 1 N–H and O–H groups in total. The molecule has 4 heteroatoms. The van der Waals surface area contributed by atoms with E-state index < -0.39 is 5.97 Å². The molecule has 0 fully saturated rings. The van der Waals surface area contributed by atoms with Gasteiger partial charge in [0.05, 0.1) is 12.2 Å². The molecule has 0 radical (unpaired) electrons. The van der Waals surface area contributed by atoms with Crippen molar-refractivity contribution in [1.82, 2.24) is 4.98 Å². The van der Waals surface area contributed by atoms with E-state index in [2.05, 4.69) is 4.98 Å². The summed E-state index contributed by atoms with van der Waals surface area (Å²) in [6.45, 7) is 4.32. The number of aryl methyl sites for hydroxylation is 1. The van der Waals surface area contributed by atoms with Crippen LogP contribution in [0.25, 0.3) is 0 Å². The van der Waals surface area contributed by atoms with Gasteiger partial charge in [-0.05, 0) is 18.9 Å². The lowest BCUT2D eigenvalue weighted by Gasteiger charge is -2.05. The highest BCUT2D eigenvalue weighted by Gasteiger charge is 2.08. The first-order valence-electron chi connectivity index (χ1n) is 4.48. The fourth-order valence-electron chi connectivity index (χ4n) is 1.04. The van der Waals surface area contributed by atoms with Crippen LogP contribution in [0.4, 0.5) is 0 Å². The molecule has 0 bridgehead atoms. The van der Waals surface area contributed by atoms with Gasteiger partial charge in [0.25, 0.3) is 0 Å². The average molecular weight is 195 g/mol. The first-order chi connectivity index (χ1) is 6.65. The number of hydrogen-bond donors (Lipinski definition) is 1. The lowest BCUT2D eigenvalue weighted by atomic mass is 10.2. The summed E-state index contributed by atoms with van der Waals surface area (Å²) in [7, 11) is 0. The molecule has 0 aliphatic heterocycles. The zero-order chi connectivity index (χ0) is 10.6. The first-order valence-corrected chi connectivity index (χ1v) is 4.48. The minimum absolute atomic E-state index is 0.217. The van der Waals surface area contributed by atoms with Crippen LogP contribution in [0.5, 0.6) is 5.88 Å². The van der Waals surface area contributed by atoms with Crippen molar-refractivity contribution in [3.8, 4) is 5.88 Å². The van der Waals surface area contributed by atoms with Crippen LogP contribution in [0.2, 0.25) is 0 Å². The third kappa shape index (κ3) is 2.45. The zero-order valence-electron chi connectivity index (χ0n) is 8.28. The predicted octanol–water partition coefficient (Wildman–Crippen LogP) is 1.88. The second-order valence-corrected chi connectivity index (χ2v) is 2.99. The Balaban J connectivity index is 2.83. The van der Waals surface area contributed by atoms with Gasteiger partial charge in [0, 0.05) is 12.3 Å². The van der Waals surface area contributed by atoms with Crippen LogP contribution in [0.1, 0.15) is 29.3 Å². The van der Waals surface area contributed by atoms with Crippen LogP contribution in [0.15, 0.2) is 12.3 Å². The number of carboxylic acid groups (broad SMARTS) is 1. The van der Waals surface area contributed by atoms with E-state index in [-0.39, 0.29) is 5.56 Å². The van der Waals surface area contributed by atoms with Crippen molar-refractivity contribution in [2.24, 2.45) is 0 Å². The molecular formula is C10H13NO3. The van der Waals surface area contributed by atoms with Crippen LogP contribution in [0.3, 0.4) is 0 Å². The topological polar surface area (TPSA) is 59.4 Å². The van der Waals surface area contributed by atoms with Crippen molar-refractivity contribution in [2.75, 3.05) is 6.61 Å². The number of aromatic carboxylic acids is 1. The van der Waals surface area contributed by atoms with Gasteiger partial charge in [-0.25, -0.2) is 9.78 Å². The molecule has 0 unspecified atom stereocenters. The third-order valence-electron chi connectivity index (χ3n) is 1.77. The minimum atomic E-state index is -0.961. The summed E-state index contributed by atoms with van der Waals surface area (Å²) in [6, 6.07) is 1.64. The molecule has 76 valence electrons. The lowest BCUT2D eigenvalue weighted by molar-refractivity contribution is 0.0695. The Morgan fingerprint density at radius 2 is 2.36 bits per heavy atom. The van der Waals surface area contributed by atoms with Crippen LogP contribution in [0, 0.1) is 6.92 Å². The molecule has 0 saturated carbocycles. The average Bonchev–Trinajstić information content (AvgIpc) is 2.14. The van der Waals surface area contributed by atoms with E-state index in [1.807, 2.05) is 6.92 Å². The molecule has 0 aromatic carbocycles. The predicted molar refractivity (Wildman–Crippen MR) is 51.7 cm³/mol. The van der Waals surface area contributed by atoms with E-state index in [0.717, 1.165) is 6.42 Å². The monoisotopic (exact) mass is 195 g/mol. The van der Waals surface area contributed by atoms with Crippen molar-refractivity contribution in [3.05, 3.63) is 23.4 Å². The molecule has 0 spiro atoms. The van der Waals surface area contributed by atoms with E-state index in [1.54, 1.807) is 13.0 Å². The van der Waals surface area contributed by atoms with Crippen molar-refractivity contribution in [1.29, 1.82) is 0 Å². The lowest BCUT2D eigenvalue weighted by Crippen LogP contribution is -2.03. The van der Waals surface area contributed by atoms with Crippen LogP contribution in [-0.2, 0) is 0 Å². The largest absolute Gasteiger partial charge is 0.478 e. The maximum Gasteiger partial charge on any atom is 0.337 e. The van der Waals surface area contributed by atoms with Crippen molar-refractivity contribution < 1.29 is 14.6 Å². The number of carboxylic acids is 1. The second-order valence-electron chi connectivity index (χ2n) is 2.99. The minimum Gasteiger partial charge on any atom is -0.478 e. The maximum atomic E-state index is 10.7. The SMILES string of the molecule is CCCOc1cc(C)c(C(=O)O)cn1. The molecule has 0 amide bonds. The standard InChI is InChI=1S/C10H13NO3/c1-3-4-14-9-5-7(2)8(6-11-9)10(12)13/h5-6H,3-4H2,1-2H3,(H,12,13). The van der Waals surface area contributed by atoms with Gasteiger partial charge in [-0.1, -0.05) is 6.92 Å². The highest BCUT2D eigenvalue weighted by Crippen LogP contribution is 2.13. The molecule has 0 saturated heterocycles. The van der Waals surface area contributed by atoms with Crippen LogP contribution >= 0.6 is 0 Å².